The molecule has 1 heterocycles. The largest absolute Gasteiger partial charge is 0.490 e. The van der Waals surface area contributed by atoms with Crippen LogP contribution in [0.1, 0.15) is 43.1 Å². The first-order chi connectivity index (χ1) is 16.4. The highest BCUT2D eigenvalue weighted by molar-refractivity contribution is 7.22. The minimum atomic E-state index is -0.139. The third kappa shape index (κ3) is 6.99. The number of rotatable bonds is 12. The van der Waals surface area contributed by atoms with Crippen molar-refractivity contribution >= 4 is 45.0 Å². The van der Waals surface area contributed by atoms with Gasteiger partial charge in [0.05, 0.1) is 30.0 Å². The van der Waals surface area contributed by atoms with Gasteiger partial charge < -0.3 is 19.1 Å². The number of para-hydroxylation sites is 1. The summed E-state index contributed by atoms with van der Waals surface area (Å²) in [6.07, 6.45) is 0.821. The monoisotopic (exact) mass is 521 g/mol. The van der Waals surface area contributed by atoms with Gasteiger partial charge >= 0.3 is 0 Å². The van der Waals surface area contributed by atoms with E-state index in [4.69, 9.17) is 19.2 Å². The molecule has 35 heavy (non-hydrogen) atoms. The third-order valence-corrected chi connectivity index (χ3v) is 6.27. The second-order valence-electron chi connectivity index (χ2n) is 8.13. The van der Waals surface area contributed by atoms with Crippen LogP contribution in [0.4, 0.5) is 5.13 Å². The minimum Gasteiger partial charge on any atom is -0.490 e. The zero-order chi connectivity index (χ0) is 24.7. The molecular formula is C26H36ClN3O4S. The van der Waals surface area contributed by atoms with Crippen molar-refractivity contribution in [3.63, 3.8) is 0 Å². The fraction of sp³-hybridized carbons (Fsp3) is 0.462. The Morgan fingerprint density at radius 2 is 1.60 bits per heavy atom. The topological polar surface area (TPSA) is 64.1 Å². The van der Waals surface area contributed by atoms with Gasteiger partial charge in [0.2, 0.25) is 5.75 Å². The van der Waals surface area contributed by atoms with E-state index in [9.17, 15) is 4.79 Å². The standard InChI is InChI=1S/C26H35N3O4S.ClH/c1-7-31-20-16-19(17-21(32-8-2)24(20)33-9-3)25(30)29(15-11-14-28(5)6)26-27-23-18(4)12-10-13-22(23)34-26;/h10,12-13,16-17H,7-9,11,14-15H2,1-6H3;1H. The van der Waals surface area contributed by atoms with E-state index in [2.05, 4.69) is 4.90 Å². The van der Waals surface area contributed by atoms with Crippen molar-refractivity contribution in [3.05, 3.63) is 41.5 Å². The number of hydrogen-bond donors (Lipinski definition) is 0. The van der Waals surface area contributed by atoms with E-state index < -0.39 is 0 Å². The maximum Gasteiger partial charge on any atom is 0.260 e. The number of ether oxygens (including phenoxy) is 3. The molecule has 1 amide bonds. The van der Waals surface area contributed by atoms with Crippen molar-refractivity contribution in [2.75, 3.05) is 51.9 Å². The van der Waals surface area contributed by atoms with Crippen LogP contribution in [0.2, 0.25) is 0 Å². The number of carbonyl (C=O) groups is 1. The van der Waals surface area contributed by atoms with Crippen LogP contribution in [0, 0.1) is 6.92 Å². The second kappa shape index (κ2) is 13.5. The van der Waals surface area contributed by atoms with E-state index in [1.54, 1.807) is 17.0 Å². The number of amides is 1. The van der Waals surface area contributed by atoms with Crippen molar-refractivity contribution < 1.29 is 19.0 Å². The second-order valence-corrected chi connectivity index (χ2v) is 9.14. The summed E-state index contributed by atoms with van der Waals surface area (Å²) in [5.74, 6) is 1.40. The zero-order valence-corrected chi connectivity index (χ0v) is 23.1. The van der Waals surface area contributed by atoms with E-state index in [0.29, 0.717) is 54.3 Å². The lowest BCUT2D eigenvalue weighted by Crippen LogP contribution is -2.33. The molecule has 0 saturated carbocycles. The molecule has 0 aliphatic heterocycles. The Morgan fingerprint density at radius 3 is 2.14 bits per heavy atom. The smallest absolute Gasteiger partial charge is 0.260 e. The van der Waals surface area contributed by atoms with Gasteiger partial charge in [0.15, 0.2) is 16.6 Å². The van der Waals surface area contributed by atoms with E-state index in [-0.39, 0.29) is 18.3 Å². The summed E-state index contributed by atoms with van der Waals surface area (Å²) in [4.78, 5) is 22.6. The van der Waals surface area contributed by atoms with Gasteiger partial charge in [-0.3, -0.25) is 9.69 Å². The number of fused-ring (bicyclic) bond motifs is 1. The summed E-state index contributed by atoms with van der Waals surface area (Å²) in [7, 11) is 4.06. The molecule has 0 aliphatic carbocycles. The molecule has 0 N–H and O–H groups in total. The molecule has 1 aromatic heterocycles. The summed E-state index contributed by atoms with van der Waals surface area (Å²) < 4.78 is 18.5. The maximum atomic E-state index is 13.9. The van der Waals surface area contributed by atoms with Gasteiger partial charge in [-0.15, -0.1) is 12.4 Å². The van der Waals surface area contributed by atoms with Gasteiger partial charge in [0.1, 0.15) is 0 Å². The number of aryl methyl sites for hydroxylation is 1. The van der Waals surface area contributed by atoms with Crippen LogP contribution in [0.5, 0.6) is 17.2 Å². The van der Waals surface area contributed by atoms with Crippen molar-refractivity contribution in [2.45, 2.75) is 34.1 Å². The van der Waals surface area contributed by atoms with Gasteiger partial charge in [-0.1, -0.05) is 23.5 Å². The number of aromatic nitrogens is 1. The Kier molecular flexibility index (Phi) is 11.1. The van der Waals surface area contributed by atoms with Gasteiger partial charge in [-0.2, -0.15) is 0 Å². The molecule has 2 aromatic carbocycles. The van der Waals surface area contributed by atoms with E-state index >= 15 is 0 Å². The molecule has 0 aliphatic rings. The molecule has 0 saturated heterocycles. The SMILES string of the molecule is CCOc1cc(C(=O)N(CCCN(C)C)c2nc3c(C)cccc3s2)cc(OCC)c1OCC.Cl. The highest BCUT2D eigenvalue weighted by Crippen LogP contribution is 2.40. The van der Waals surface area contributed by atoms with Crippen LogP contribution in [0.3, 0.4) is 0 Å². The lowest BCUT2D eigenvalue weighted by atomic mass is 10.1. The van der Waals surface area contributed by atoms with Crippen LogP contribution in [0.15, 0.2) is 30.3 Å². The molecule has 0 atom stereocenters. The van der Waals surface area contributed by atoms with Crippen molar-refractivity contribution in [3.8, 4) is 17.2 Å². The van der Waals surface area contributed by atoms with Crippen LogP contribution in [-0.4, -0.2) is 62.8 Å². The molecule has 192 valence electrons. The summed E-state index contributed by atoms with van der Waals surface area (Å²) in [5.41, 5.74) is 2.51. The highest BCUT2D eigenvalue weighted by atomic mass is 35.5. The Hall–Kier alpha value is -2.55. The Labute approximate surface area is 218 Å². The van der Waals surface area contributed by atoms with E-state index in [1.807, 2.05) is 60.0 Å². The molecular weight excluding hydrogens is 486 g/mol. The first kappa shape index (κ1) is 28.7. The number of benzene rings is 2. The molecule has 0 bridgehead atoms. The van der Waals surface area contributed by atoms with Gasteiger partial charge in [0.25, 0.3) is 5.91 Å². The molecule has 0 radical (unpaired) electrons. The van der Waals surface area contributed by atoms with Crippen LogP contribution >= 0.6 is 23.7 Å². The van der Waals surface area contributed by atoms with Crippen LogP contribution in [-0.2, 0) is 0 Å². The molecule has 0 unspecified atom stereocenters. The predicted molar refractivity (Wildman–Crippen MR) is 146 cm³/mol. The summed E-state index contributed by atoms with van der Waals surface area (Å²) >= 11 is 1.53. The highest BCUT2D eigenvalue weighted by Gasteiger charge is 2.25. The normalized spacial score (nSPS) is 10.8. The van der Waals surface area contributed by atoms with Crippen molar-refractivity contribution in [1.82, 2.24) is 9.88 Å². The lowest BCUT2D eigenvalue weighted by molar-refractivity contribution is 0.0985. The minimum absolute atomic E-state index is 0. The maximum absolute atomic E-state index is 13.9. The fourth-order valence-corrected chi connectivity index (χ4v) is 4.75. The average Bonchev–Trinajstić information content (AvgIpc) is 3.24. The third-order valence-electron chi connectivity index (χ3n) is 5.23. The number of halogens is 1. The summed E-state index contributed by atoms with van der Waals surface area (Å²) in [5, 5.41) is 0.692. The lowest BCUT2D eigenvalue weighted by Gasteiger charge is -2.22. The van der Waals surface area contributed by atoms with Gasteiger partial charge in [-0.25, -0.2) is 4.98 Å². The van der Waals surface area contributed by atoms with Gasteiger partial charge in [0, 0.05) is 12.1 Å². The molecule has 0 spiro atoms. The number of thiazole rings is 1. The zero-order valence-electron chi connectivity index (χ0n) is 21.4. The average molecular weight is 522 g/mol. The van der Waals surface area contributed by atoms with Crippen molar-refractivity contribution in [1.29, 1.82) is 0 Å². The first-order valence-electron chi connectivity index (χ1n) is 11.8. The predicted octanol–water partition coefficient (Wildman–Crippen LogP) is 5.82. The number of anilines is 1. The summed E-state index contributed by atoms with van der Waals surface area (Å²) in [6.45, 7) is 10.5. The van der Waals surface area contributed by atoms with Crippen LogP contribution < -0.4 is 19.1 Å². The number of nitrogens with zero attached hydrogens (tertiary/aromatic N) is 3. The Bertz CT molecular complexity index is 1090. The molecule has 3 rings (SSSR count). The van der Waals surface area contributed by atoms with Crippen molar-refractivity contribution in [2.24, 2.45) is 0 Å². The molecule has 0 fully saturated rings. The van der Waals surface area contributed by atoms with E-state index in [1.165, 1.54) is 11.3 Å². The fourth-order valence-electron chi connectivity index (χ4n) is 3.69. The Morgan fingerprint density at radius 1 is 0.971 bits per heavy atom. The van der Waals surface area contributed by atoms with Crippen LogP contribution in [0.25, 0.3) is 10.2 Å². The van der Waals surface area contributed by atoms with Gasteiger partial charge in [-0.05, 0) is 78.5 Å². The number of carbonyl (C=O) groups excluding carboxylic acids is 1. The number of hydrogen-bond acceptors (Lipinski definition) is 7. The summed E-state index contributed by atoms with van der Waals surface area (Å²) in [6, 6.07) is 9.60. The molecule has 7 nitrogen and oxygen atoms in total. The first-order valence-corrected chi connectivity index (χ1v) is 12.6. The molecule has 3 aromatic rings. The Balaban J connectivity index is 0.00000432. The quantitative estimate of drug-likeness (QED) is 0.299. The van der Waals surface area contributed by atoms with E-state index in [0.717, 1.165) is 28.7 Å². The molecule has 9 heteroatoms.